The van der Waals surface area contributed by atoms with E-state index in [0.29, 0.717) is 11.1 Å². The van der Waals surface area contributed by atoms with Crippen LogP contribution in [0.15, 0.2) is 24.3 Å². The van der Waals surface area contributed by atoms with Crippen LogP contribution in [0.5, 0.6) is 0 Å². The molecule has 1 heterocycles. The lowest BCUT2D eigenvalue weighted by Crippen LogP contribution is -2.28. The van der Waals surface area contributed by atoms with Crippen molar-refractivity contribution < 1.29 is 4.79 Å². The van der Waals surface area contributed by atoms with Gasteiger partial charge in [-0.2, -0.15) is 0 Å². The van der Waals surface area contributed by atoms with Crippen molar-refractivity contribution in [2.45, 2.75) is 11.5 Å². The fraction of sp³-hybridized carbons (Fsp3) is 0.500. The number of anilines is 1. The zero-order valence-electron chi connectivity index (χ0n) is 11.3. The van der Waals surface area contributed by atoms with Crippen LogP contribution in [-0.2, 0) is 4.79 Å². The molecule has 0 radical (unpaired) electrons. The van der Waals surface area contributed by atoms with Crippen molar-refractivity contribution in [2.24, 2.45) is 5.92 Å². The standard InChI is InChI=1S/C14H20N2OS2/c1-10(9-15-2)13(17)16-12-5-3-4-11(8-12)14-18-6-7-19-14/h3-5,8,10,14-15H,6-7,9H2,1-2H3,(H,16,17). The second kappa shape index (κ2) is 7.22. The van der Waals surface area contributed by atoms with E-state index in [2.05, 4.69) is 22.8 Å². The second-order valence-electron chi connectivity index (χ2n) is 4.65. The topological polar surface area (TPSA) is 41.1 Å². The number of nitrogens with one attached hydrogen (secondary N) is 2. The van der Waals surface area contributed by atoms with Gasteiger partial charge in [-0.15, -0.1) is 23.5 Å². The van der Waals surface area contributed by atoms with E-state index in [0.717, 1.165) is 5.69 Å². The summed E-state index contributed by atoms with van der Waals surface area (Å²) < 4.78 is 0.520. The van der Waals surface area contributed by atoms with Gasteiger partial charge in [0.1, 0.15) is 0 Å². The number of hydrogen-bond donors (Lipinski definition) is 2. The number of rotatable bonds is 5. The van der Waals surface area contributed by atoms with Crippen molar-refractivity contribution in [2.75, 3.05) is 30.4 Å². The van der Waals surface area contributed by atoms with Crippen LogP contribution in [-0.4, -0.2) is 31.0 Å². The molecule has 2 rings (SSSR count). The summed E-state index contributed by atoms with van der Waals surface area (Å²) in [7, 11) is 1.86. The quantitative estimate of drug-likeness (QED) is 0.876. The van der Waals surface area contributed by atoms with Gasteiger partial charge >= 0.3 is 0 Å². The van der Waals surface area contributed by atoms with E-state index in [1.165, 1.54) is 17.1 Å². The molecule has 1 aromatic rings. The molecule has 1 aromatic carbocycles. The van der Waals surface area contributed by atoms with Crippen LogP contribution in [0.1, 0.15) is 17.1 Å². The summed E-state index contributed by atoms with van der Waals surface area (Å²) in [6.45, 7) is 2.62. The van der Waals surface area contributed by atoms with Crippen LogP contribution >= 0.6 is 23.5 Å². The van der Waals surface area contributed by atoms with Gasteiger partial charge in [0.2, 0.25) is 5.91 Å². The Morgan fingerprint density at radius 3 is 2.84 bits per heavy atom. The third kappa shape index (κ3) is 4.16. The molecule has 3 nitrogen and oxygen atoms in total. The fourth-order valence-electron chi connectivity index (χ4n) is 1.98. The molecular formula is C14H20N2OS2. The number of thioether (sulfide) groups is 2. The third-order valence-corrected chi connectivity index (χ3v) is 6.11. The molecule has 1 fully saturated rings. The highest BCUT2D eigenvalue weighted by Crippen LogP contribution is 2.45. The Bertz CT molecular complexity index is 433. The molecule has 104 valence electrons. The molecule has 1 amide bonds. The van der Waals surface area contributed by atoms with E-state index in [9.17, 15) is 4.79 Å². The summed E-state index contributed by atoms with van der Waals surface area (Å²) in [5, 5.41) is 6.02. The van der Waals surface area contributed by atoms with E-state index in [4.69, 9.17) is 0 Å². The minimum absolute atomic E-state index is 0.0242. The highest BCUT2D eigenvalue weighted by molar-refractivity contribution is 8.19. The lowest BCUT2D eigenvalue weighted by atomic mass is 10.1. The van der Waals surface area contributed by atoms with Crippen molar-refractivity contribution in [3.05, 3.63) is 29.8 Å². The molecule has 0 aromatic heterocycles. The maximum atomic E-state index is 12.0. The number of benzene rings is 1. The van der Waals surface area contributed by atoms with Crippen LogP contribution in [0.4, 0.5) is 5.69 Å². The summed E-state index contributed by atoms with van der Waals surface area (Å²) in [6, 6.07) is 8.22. The molecular weight excluding hydrogens is 276 g/mol. The maximum absolute atomic E-state index is 12.0. The maximum Gasteiger partial charge on any atom is 0.228 e. The van der Waals surface area contributed by atoms with Gasteiger partial charge in [0.15, 0.2) is 0 Å². The van der Waals surface area contributed by atoms with Gasteiger partial charge in [-0.1, -0.05) is 19.1 Å². The molecule has 0 aliphatic carbocycles. The Morgan fingerprint density at radius 2 is 2.16 bits per heavy atom. The highest BCUT2D eigenvalue weighted by Gasteiger charge is 2.19. The Balaban J connectivity index is 2.00. The molecule has 1 saturated heterocycles. The van der Waals surface area contributed by atoms with Crippen molar-refractivity contribution in [3.8, 4) is 0 Å². The highest BCUT2D eigenvalue weighted by atomic mass is 32.2. The number of hydrogen-bond acceptors (Lipinski definition) is 4. The molecule has 1 aliphatic rings. The zero-order valence-corrected chi connectivity index (χ0v) is 12.9. The van der Waals surface area contributed by atoms with Crippen LogP contribution in [0.3, 0.4) is 0 Å². The van der Waals surface area contributed by atoms with Crippen LogP contribution in [0.25, 0.3) is 0 Å². The minimum Gasteiger partial charge on any atom is -0.326 e. The molecule has 1 aliphatic heterocycles. The van der Waals surface area contributed by atoms with Crippen molar-refractivity contribution in [3.63, 3.8) is 0 Å². The van der Waals surface area contributed by atoms with E-state index < -0.39 is 0 Å². The lowest BCUT2D eigenvalue weighted by molar-refractivity contribution is -0.119. The van der Waals surface area contributed by atoms with Crippen molar-refractivity contribution >= 4 is 35.1 Å². The normalized spacial score (nSPS) is 17.4. The first-order valence-corrected chi connectivity index (χ1v) is 8.59. The lowest BCUT2D eigenvalue weighted by Gasteiger charge is -2.14. The average molecular weight is 296 g/mol. The molecule has 0 spiro atoms. The predicted molar refractivity (Wildman–Crippen MR) is 85.8 cm³/mol. The van der Waals surface area contributed by atoms with Crippen LogP contribution < -0.4 is 10.6 Å². The number of amides is 1. The number of carbonyl (C=O) groups is 1. The third-order valence-electron chi connectivity index (χ3n) is 3.01. The summed E-state index contributed by atoms with van der Waals surface area (Å²) in [5.74, 6) is 2.47. The van der Waals surface area contributed by atoms with E-state index in [1.54, 1.807) is 0 Å². The zero-order chi connectivity index (χ0) is 13.7. The Morgan fingerprint density at radius 1 is 1.42 bits per heavy atom. The van der Waals surface area contributed by atoms with Crippen LogP contribution in [0, 0.1) is 5.92 Å². The molecule has 2 N–H and O–H groups in total. The van der Waals surface area contributed by atoms with Gasteiger partial charge in [0, 0.05) is 29.7 Å². The Kier molecular flexibility index (Phi) is 5.60. The summed E-state index contributed by atoms with van der Waals surface area (Å²) in [4.78, 5) is 12.0. The van der Waals surface area contributed by atoms with Gasteiger partial charge in [-0.25, -0.2) is 0 Å². The van der Waals surface area contributed by atoms with Crippen LogP contribution in [0.2, 0.25) is 0 Å². The Hall–Kier alpha value is -0.650. The number of carbonyl (C=O) groups excluding carboxylic acids is 1. The van der Waals surface area contributed by atoms with Gasteiger partial charge in [0.25, 0.3) is 0 Å². The van der Waals surface area contributed by atoms with Gasteiger partial charge in [0.05, 0.1) is 4.58 Å². The first kappa shape index (κ1) is 14.8. The SMILES string of the molecule is CNCC(C)C(=O)Nc1cccc(C2SCCS2)c1. The van der Waals surface area contributed by atoms with E-state index in [-0.39, 0.29) is 11.8 Å². The van der Waals surface area contributed by atoms with Crippen molar-refractivity contribution in [1.82, 2.24) is 5.32 Å². The minimum atomic E-state index is -0.0242. The van der Waals surface area contributed by atoms with Gasteiger partial charge in [-0.05, 0) is 24.7 Å². The molecule has 19 heavy (non-hydrogen) atoms. The van der Waals surface area contributed by atoms with E-state index in [1.807, 2.05) is 49.6 Å². The molecule has 0 saturated carbocycles. The summed E-state index contributed by atoms with van der Waals surface area (Å²) in [6.07, 6.45) is 0. The van der Waals surface area contributed by atoms with Crippen molar-refractivity contribution in [1.29, 1.82) is 0 Å². The first-order valence-electron chi connectivity index (χ1n) is 6.49. The Labute approximate surface area is 123 Å². The van der Waals surface area contributed by atoms with Gasteiger partial charge in [-0.3, -0.25) is 4.79 Å². The van der Waals surface area contributed by atoms with Gasteiger partial charge < -0.3 is 10.6 Å². The smallest absolute Gasteiger partial charge is 0.228 e. The molecule has 1 atom stereocenters. The summed E-state index contributed by atoms with van der Waals surface area (Å²) in [5.41, 5.74) is 2.20. The monoisotopic (exact) mass is 296 g/mol. The average Bonchev–Trinajstić information content (AvgIpc) is 2.93. The molecule has 0 bridgehead atoms. The largest absolute Gasteiger partial charge is 0.326 e. The molecule has 5 heteroatoms. The predicted octanol–water partition coefficient (Wildman–Crippen LogP) is 2.96. The second-order valence-corrected chi connectivity index (χ2v) is 7.37. The van der Waals surface area contributed by atoms with E-state index >= 15 is 0 Å². The first-order chi connectivity index (χ1) is 9.20. The summed E-state index contributed by atoms with van der Waals surface area (Å²) >= 11 is 3.96. The molecule has 1 unspecified atom stereocenters. The fourth-order valence-corrected chi connectivity index (χ4v) is 4.82.